The van der Waals surface area contributed by atoms with Crippen molar-refractivity contribution in [2.45, 2.75) is 38.5 Å². The molecule has 0 bridgehead atoms. The summed E-state index contributed by atoms with van der Waals surface area (Å²) < 4.78 is 0. The molecular weight excluding hydrogens is 328 g/mol. The molecule has 1 aromatic heterocycles. The third-order valence-electron chi connectivity index (χ3n) is 3.90. The van der Waals surface area contributed by atoms with Crippen molar-refractivity contribution in [1.29, 1.82) is 0 Å². The summed E-state index contributed by atoms with van der Waals surface area (Å²) in [4.78, 5) is 15.8. The first-order chi connectivity index (χ1) is 11.1. The molecule has 0 saturated heterocycles. The van der Waals surface area contributed by atoms with E-state index in [4.69, 9.17) is 12.2 Å². The molecule has 0 fully saturated rings. The molecule has 1 aliphatic carbocycles. The highest BCUT2D eigenvalue weighted by Crippen LogP contribution is 2.28. The molecule has 0 radical (unpaired) electrons. The molecule has 128 valence electrons. The first kappa shape index (κ1) is 18.2. The van der Waals surface area contributed by atoms with Crippen molar-refractivity contribution >= 4 is 34.6 Å². The summed E-state index contributed by atoms with van der Waals surface area (Å²) in [6, 6.07) is 2.04. The number of carbonyl (C=O) groups excluding carboxylic acids is 1. The van der Waals surface area contributed by atoms with E-state index < -0.39 is 0 Å². The quantitative estimate of drug-likeness (QED) is 0.271. The van der Waals surface area contributed by atoms with Crippen LogP contribution in [-0.4, -0.2) is 38.2 Å². The van der Waals surface area contributed by atoms with Crippen LogP contribution in [0.3, 0.4) is 0 Å². The van der Waals surface area contributed by atoms with Crippen molar-refractivity contribution in [2.75, 3.05) is 27.2 Å². The summed E-state index contributed by atoms with van der Waals surface area (Å²) in [5, 5.41) is 3.56. The number of carbonyl (C=O) groups is 1. The molecule has 0 spiro atoms. The van der Waals surface area contributed by atoms with Crippen LogP contribution in [-0.2, 0) is 12.8 Å². The van der Waals surface area contributed by atoms with E-state index >= 15 is 0 Å². The molecule has 4 N–H and O–H groups in total. The molecule has 0 aliphatic heterocycles. The smallest absolute Gasteiger partial charge is 0.279 e. The average molecular weight is 356 g/mol. The highest BCUT2D eigenvalue weighted by Gasteiger charge is 2.16. The number of hydrogen-bond acceptors (Lipinski definition) is 3. The lowest BCUT2D eigenvalue weighted by molar-refractivity contribution is -0.858. The minimum absolute atomic E-state index is 0.107. The molecule has 0 unspecified atom stereocenters. The molecule has 7 heteroatoms. The number of aryl methyl sites for hydroxylation is 2. The summed E-state index contributed by atoms with van der Waals surface area (Å²) in [5.74, 6) is -0.107. The van der Waals surface area contributed by atoms with Gasteiger partial charge in [0.15, 0.2) is 5.11 Å². The number of thiocarbonyl (C=S) groups is 1. The van der Waals surface area contributed by atoms with Gasteiger partial charge in [-0.2, -0.15) is 0 Å². The molecule has 1 aromatic rings. The minimum Gasteiger partial charge on any atom is -0.361 e. The van der Waals surface area contributed by atoms with Crippen LogP contribution >= 0.6 is 23.6 Å². The van der Waals surface area contributed by atoms with Crippen LogP contribution in [0.25, 0.3) is 0 Å². The van der Waals surface area contributed by atoms with Gasteiger partial charge in [-0.1, -0.05) is 6.42 Å². The van der Waals surface area contributed by atoms with Crippen molar-refractivity contribution in [3.63, 3.8) is 0 Å². The fourth-order valence-corrected chi connectivity index (χ4v) is 3.94. The average Bonchev–Trinajstić information content (AvgIpc) is 2.80. The monoisotopic (exact) mass is 355 g/mol. The molecule has 0 aromatic carbocycles. The van der Waals surface area contributed by atoms with Crippen LogP contribution in [0.15, 0.2) is 6.07 Å². The van der Waals surface area contributed by atoms with Gasteiger partial charge in [-0.15, -0.1) is 11.3 Å². The standard InChI is InChI=1S/C16H26N4OS2/c1-20(2)10-6-9-17-16(22)19-18-15(21)14-11-12-7-4-3-5-8-13(12)23-14/h11H,3-10H2,1-2H3,(H,18,21)(H2,17,19,22)/p+1. The lowest BCUT2D eigenvalue weighted by Crippen LogP contribution is -3.05. The maximum Gasteiger partial charge on any atom is 0.279 e. The highest BCUT2D eigenvalue weighted by molar-refractivity contribution is 7.80. The lowest BCUT2D eigenvalue weighted by atomic mass is 10.1. The number of nitrogens with one attached hydrogen (secondary N) is 4. The molecule has 1 heterocycles. The summed E-state index contributed by atoms with van der Waals surface area (Å²) in [5.41, 5.74) is 6.82. The van der Waals surface area contributed by atoms with Gasteiger partial charge < -0.3 is 10.2 Å². The van der Waals surface area contributed by atoms with E-state index in [1.165, 1.54) is 34.6 Å². The Balaban J connectivity index is 1.73. The maximum atomic E-state index is 12.2. The molecule has 5 nitrogen and oxygen atoms in total. The number of quaternary nitrogens is 1. The summed E-state index contributed by atoms with van der Waals surface area (Å²) in [6.45, 7) is 1.89. The van der Waals surface area contributed by atoms with E-state index in [0.29, 0.717) is 5.11 Å². The zero-order valence-corrected chi connectivity index (χ0v) is 15.6. The van der Waals surface area contributed by atoms with Crippen molar-refractivity contribution in [1.82, 2.24) is 16.2 Å². The maximum absolute atomic E-state index is 12.2. The van der Waals surface area contributed by atoms with Crippen molar-refractivity contribution in [2.24, 2.45) is 0 Å². The van der Waals surface area contributed by atoms with Gasteiger partial charge in [0.1, 0.15) is 0 Å². The number of hydrogen-bond donors (Lipinski definition) is 4. The lowest BCUT2D eigenvalue weighted by Gasteiger charge is -2.11. The van der Waals surface area contributed by atoms with Gasteiger partial charge in [0.25, 0.3) is 5.91 Å². The normalized spacial score (nSPS) is 14.0. The largest absolute Gasteiger partial charge is 0.361 e. The van der Waals surface area contributed by atoms with Gasteiger partial charge in [-0.05, 0) is 49.5 Å². The van der Waals surface area contributed by atoms with E-state index in [-0.39, 0.29) is 5.91 Å². The zero-order chi connectivity index (χ0) is 16.7. The Labute approximate surface area is 147 Å². The first-order valence-electron chi connectivity index (χ1n) is 8.31. The molecule has 1 amide bonds. The fraction of sp³-hybridized carbons (Fsp3) is 0.625. The predicted octanol–water partition coefficient (Wildman–Crippen LogP) is 0.661. The van der Waals surface area contributed by atoms with Gasteiger partial charge >= 0.3 is 0 Å². The van der Waals surface area contributed by atoms with Gasteiger partial charge in [-0.25, -0.2) is 0 Å². The van der Waals surface area contributed by atoms with Crippen molar-refractivity contribution < 1.29 is 9.69 Å². The first-order valence-corrected chi connectivity index (χ1v) is 9.53. The fourth-order valence-electron chi connectivity index (χ4n) is 2.64. The Morgan fingerprint density at radius 3 is 2.83 bits per heavy atom. The van der Waals surface area contributed by atoms with E-state index in [9.17, 15) is 4.79 Å². The van der Waals surface area contributed by atoms with Gasteiger partial charge in [0.2, 0.25) is 0 Å². The SMILES string of the molecule is C[NH+](C)CCCNC(=S)NNC(=O)c1cc2c(s1)CCCCC2. The van der Waals surface area contributed by atoms with Crippen LogP contribution in [0.1, 0.15) is 45.8 Å². The van der Waals surface area contributed by atoms with E-state index in [1.807, 2.05) is 6.07 Å². The molecule has 2 rings (SSSR count). The Morgan fingerprint density at radius 1 is 1.26 bits per heavy atom. The van der Waals surface area contributed by atoms with Crippen molar-refractivity contribution in [3.05, 3.63) is 21.4 Å². The molecule has 0 saturated carbocycles. The molecular formula is C16H27N4OS2+. The van der Waals surface area contributed by atoms with E-state index in [1.54, 1.807) is 11.3 Å². The van der Waals surface area contributed by atoms with Crippen LogP contribution in [0.5, 0.6) is 0 Å². The van der Waals surface area contributed by atoms with Crippen LogP contribution in [0, 0.1) is 0 Å². The predicted molar refractivity (Wildman–Crippen MR) is 99.1 cm³/mol. The second-order valence-corrected chi connectivity index (χ2v) is 7.81. The van der Waals surface area contributed by atoms with Gasteiger partial charge in [0, 0.05) is 17.8 Å². The van der Waals surface area contributed by atoms with Crippen molar-refractivity contribution in [3.8, 4) is 0 Å². The Kier molecular flexibility index (Phi) is 7.26. The summed E-state index contributed by atoms with van der Waals surface area (Å²) in [6.07, 6.45) is 6.99. The van der Waals surface area contributed by atoms with E-state index in [0.717, 1.165) is 37.2 Å². The Morgan fingerprint density at radius 2 is 2.04 bits per heavy atom. The number of rotatable bonds is 5. The van der Waals surface area contributed by atoms with Gasteiger partial charge in [-0.3, -0.25) is 15.6 Å². The number of amides is 1. The molecule has 23 heavy (non-hydrogen) atoms. The topological polar surface area (TPSA) is 57.6 Å². The summed E-state index contributed by atoms with van der Waals surface area (Å²) in [7, 11) is 4.25. The second-order valence-electron chi connectivity index (χ2n) is 6.27. The number of thiophene rings is 1. The Bertz CT molecular complexity index is 519. The molecule has 1 aliphatic rings. The third kappa shape index (κ3) is 6.08. The van der Waals surface area contributed by atoms with Gasteiger partial charge in [0.05, 0.1) is 25.5 Å². The number of hydrazine groups is 1. The third-order valence-corrected chi connectivity index (χ3v) is 5.38. The second kappa shape index (κ2) is 9.20. The zero-order valence-electron chi connectivity index (χ0n) is 14.0. The Hall–Kier alpha value is -1.18. The highest BCUT2D eigenvalue weighted by atomic mass is 32.1. The van der Waals surface area contributed by atoms with Crippen LogP contribution in [0.2, 0.25) is 0 Å². The van der Waals surface area contributed by atoms with E-state index in [2.05, 4.69) is 30.3 Å². The van der Waals surface area contributed by atoms with Crippen LogP contribution in [0.4, 0.5) is 0 Å². The molecule has 0 atom stereocenters. The summed E-state index contributed by atoms with van der Waals surface area (Å²) >= 11 is 6.78. The minimum atomic E-state index is -0.107. The number of fused-ring (bicyclic) bond motifs is 1. The van der Waals surface area contributed by atoms with Crippen LogP contribution < -0.4 is 21.1 Å².